The number of amides is 1. The molecule has 0 heterocycles. The highest BCUT2D eigenvalue weighted by Crippen LogP contribution is 2.27. The van der Waals surface area contributed by atoms with Crippen LogP contribution in [0.5, 0.6) is 17.2 Å². The minimum Gasteiger partial charge on any atom is -0.493 e. The van der Waals surface area contributed by atoms with Crippen molar-refractivity contribution in [3.63, 3.8) is 0 Å². The third-order valence-electron chi connectivity index (χ3n) is 3.51. The fourth-order valence-electron chi connectivity index (χ4n) is 2.26. The number of nitrogens with one attached hydrogen (secondary N) is 1. The van der Waals surface area contributed by atoms with E-state index in [2.05, 4.69) is 5.32 Å². The molecule has 0 aliphatic rings. The quantitative estimate of drug-likeness (QED) is 0.708. The van der Waals surface area contributed by atoms with Crippen molar-refractivity contribution in [3.05, 3.63) is 48.0 Å². The summed E-state index contributed by atoms with van der Waals surface area (Å²) in [5.74, 6) is 1.86. The molecule has 0 aliphatic heterocycles. The van der Waals surface area contributed by atoms with E-state index >= 15 is 0 Å². The lowest BCUT2D eigenvalue weighted by Gasteiger charge is -2.10. The van der Waals surface area contributed by atoms with Gasteiger partial charge in [0.05, 0.1) is 27.2 Å². The molecule has 0 aromatic heterocycles. The molecule has 1 amide bonds. The van der Waals surface area contributed by atoms with Gasteiger partial charge in [0.1, 0.15) is 12.4 Å². The van der Waals surface area contributed by atoms with Gasteiger partial charge in [-0.15, -0.1) is 0 Å². The summed E-state index contributed by atoms with van der Waals surface area (Å²) in [6.07, 6.45) is 0.243. The lowest BCUT2D eigenvalue weighted by Crippen LogP contribution is -2.14. The largest absolute Gasteiger partial charge is 0.493 e. The molecule has 0 fully saturated rings. The van der Waals surface area contributed by atoms with Gasteiger partial charge >= 0.3 is 0 Å². The zero-order valence-electron chi connectivity index (χ0n) is 14.7. The zero-order chi connectivity index (χ0) is 18.1. The van der Waals surface area contributed by atoms with Crippen LogP contribution in [0.15, 0.2) is 42.5 Å². The molecule has 25 heavy (non-hydrogen) atoms. The van der Waals surface area contributed by atoms with E-state index in [1.165, 1.54) is 0 Å². The number of carbonyl (C=O) groups is 1. The van der Waals surface area contributed by atoms with Gasteiger partial charge in [-0.25, -0.2) is 0 Å². The highest BCUT2D eigenvalue weighted by Gasteiger charge is 2.09. The molecule has 0 unspecified atom stereocenters. The van der Waals surface area contributed by atoms with Gasteiger partial charge in [-0.3, -0.25) is 4.79 Å². The maximum atomic E-state index is 12.2. The van der Waals surface area contributed by atoms with Crippen molar-refractivity contribution in [2.24, 2.45) is 0 Å². The maximum Gasteiger partial charge on any atom is 0.228 e. The van der Waals surface area contributed by atoms with E-state index in [0.29, 0.717) is 30.4 Å². The Morgan fingerprint density at radius 2 is 1.64 bits per heavy atom. The number of benzene rings is 2. The number of anilines is 1. The van der Waals surface area contributed by atoms with Crippen LogP contribution in [-0.2, 0) is 16.0 Å². The number of ether oxygens (including phenoxy) is 4. The molecule has 0 aliphatic carbocycles. The van der Waals surface area contributed by atoms with Gasteiger partial charge < -0.3 is 24.3 Å². The number of rotatable bonds is 9. The molecule has 6 heteroatoms. The van der Waals surface area contributed by atoms with E-state index in [1.807, 2.05) is 18.2 Å². The van der Waals surface area contributed by atoms with Crippen LogP contribution in [0.4, 0.5) is 5.69 Å². The lowest BCUT2D eigenvalue weighted by molar-refractivity contribution is -0.115. The fraction of sp³-hybridized carbons (Fsp3) is 0.316. The van der Waals surface area contributed by atoms with Gasteiger partial charge in [-0.2, -0.15) is 0 Å². The zero-order valence-corrected chi connectivity index (χ0v) is 14.7. The molecule has 0 bridgehead atoms. The second-order valence-corrected chi connectivity index (χ2v) is 5.28. The normalized spacial score (nSPS) is 10.2. The van der Waals surface area contributed by atoms with Gasteiger partial charge in [0.15, 0.2) is 11.5 Å². The molecular formula is C19H23NO5. The van der Waals surface area contributed by atoms with Crippen LogP contribution in [-0.4, -0.2) is 40.5 Å². The van der Waals surface area contributed by atoms with Crippen molar-refractivity contribution in [1.82, 2.24) is 0 Å². The third-order valence-corrected chi connectivity index (χ3v) is 3.51. The molecule has 2 aromatic carbocycles. The Balaban J connectivity index is 1.91. The van der Waals surface area contributed by atoms with Crippen LogP contribution in [0.1, 0.15) is 5.56 Å². The van der Waals surface area contributed by atoms with Crippen molar-refractivity contribution < 1.29 is 23.7 Å². The molecule has 0 spiro atoms. The van der Waals surface area contributed by atoms with Crippen molar-refractivity contribution in [2.75, 3.05) is 39.9 Å². The number of hydrogen-bond donors (Lipinski definition) is 1. The van der Waals surface area contributed by atoms with Gasteiger partial charge in [0, 0.05) is 12.8 Å². The van der Waals surface area contributed by atoms with E-state index in [-0.39, 0.29) is 12.3 Å². The Kier molecular flexibility index (Phi) is 7.10. The molecule has 134 valence electrons. The molecule has 0 atom stereocenters. The Morgan fingerprint density at radius 3 is 2.28 bits per heavy atom. The Morgan fingerprint density at radius 1 is 0.920 bits per heavy atom. The Hall–Kier alpha value is -2.73. The first-order valence-corrected chi connectivity index (χ1v) is 7.89. The molecule has 6 nitrogen and oxygen atoms in total. The van der Waals surface area contributed by atoms with Crippen molar-refractivity contribution in [3.8, 4) is 17.2 Å². The Labute approximate surface area is 147 Å². The first-order chi connectivity index (χ1) is 12.2. The molecule has 2 aromatic rings. The van der Waals surface area contributed by atoms with Gasteiger partial charge in [0.25, 0.3) is 0 Å². The summed E-state index contributed by atoms with van der Waals surface area (Å²) in [5, 5.41) is 2.86. The summed E-state index contributed by atoms with van der Waals surface area (Å²) in [6.45, 7) is 1.02. The smallest absolute Gasteiger partial charge is 0.228 e. The second kappa shape index (κ2) is 9.54. The minimum atomic E-state index is -0.111. The first-order valence-electron chi connectivity index (χ1n) is 7.89. The van der Waals surface area contributed by atoms with Crippen LogP contribution < -0.4 is 19.5 Å². The second-order valence-electron chi connectivity index (χ2n) is 5.28. The predicted molar refractivity (Wildman–Crippen MR) is 95.7 cm³/mol. The molecular weight excluding hydrogens is 322 g/mol. The summed E-state index contributed by atoms with van der Waals surface area (Å²) in [6, 6.07) is 12.6. The molecule has 0 radical (unpaired) electrons. The summed E-state index contributed by atoms with van der Waals surface area (Å²) in [7, 11) is 4.77. The highest BCUT2D eigenvalue weighted by molar-refractivity contribution is 5.92. The minimum absolute atomic E-state index is 0.111. The van der Waals surface area contributed by atoms with Crippen LogP contribution in [0.3, 0.4) is 0 Å². The standard InChI is InChI=1S/C19H23NO5/c1-22-10-11-25-16-7-5-15(6-8-16)20-19(21)13-14-4-9-17(23-2)18(12-14)24-3/h4-9,12H,10-11,13H2,1-3H3,(H,20,21). The molecule has 0 saturated heterocycles. The topological polar surface area (TPSA) is 66.0 Å². The maximum absolute atomic E-state index is 12.2. The fourth-order valence-corrected chi connectivity index (χ4v) is 2.26. The Bertz CT molecular complexity index is 685. The van der Waals surface area contributed by atoms with Crippen LogP contribution in [0, 0.1) is 0 Å². The average molecular weight is 345 g/mol. The van der Waals surface area contributed by atoms with Gasteiger partial charge in [0.2, 0.25) is 5.91 Å². The van der Waals surface area contributed by atoms with E-state index in [0.717, 1.165) is 11.3 Å². The molecule has 0 saturated carbocycles. The van der Waals surface area contributed by atoms with Crippen molar-refractivity contribution in [1.29, 1.82) is 0 Å². The van der Waals surface area contributed by atoms with Crippen LogP contribution >= 0.6 is 0 Å². The molecule has 1 N–H and O–H groups in total. The summed E-state index contributed by atoms with van der Waals surface area (Å²) < 4.78 is 20.9. The number of hydrogen-bond acceptors (Lipinski definition) is 5. The first kappa shape index (κ1) is 18.6. The third kappa shape index (κ3) is 5.69. The highest BCUT2D eigenvalue weighted by atomic mass is 16.5. The van der Waals surface area contributed by atoms with E-state index in [4.69, 9.17) is 18.9 Å². The monoisotopic (exact) mass is 345 g/mol. The van der Waals surface area contributed by atoms with Crippen LogP contribution in [0.25, 0.3) is 0 Å². The van der Waals surface area contributed by atoms with Gasteiger partial charge in [-0.05, 0) is 42.0 Å². The van der Waals surface area contributed by atoms with E-state index < -0.39 is 0 Å². The van der Waals surface area contributed by atoms with Crippen molar-refractivity contribution in [2.45, 2.75) is 6.42 Å². The summed E-state index contributed by atoms with van der Waals surface area (Å²) >= 11 is 0. The SMILES string of the molecule is COCCOc1ccc(NC(=O)Cc2ccc(OC)c(OC)c2)cc1. The number of methoxy groups -OCH3 is 3. The van der Waals surface area contributed by atoms with Crippen molar-refractivity contribution >= 4 is 11.6 Å². The van der Waals surface area contributed by atoms with Gasteiger partial charge in [-0.1, -0.05) is 6.07 Å². The van der Waals surface area contributed by atoms with E-state index in [1.54, 1.807) is 45.6 Å². The predicted octanol–water partition coefficient (Wildman–Crippen LogP) is 2.91. The lowest BCUT2D eigenvalue weighted by atomic mass is 10.1. The molecule has 2 rings (SSSR count). The van der Waals surface area contributed by atoms with E-state index in [9.17, 15) is 4.79 Å². The van der Waals surface area contributed by atoms with Crippen LogP contribution in [0.2, 0.25) is 0 Å². The summed E-state index contributed by atoms with van der Waals surface area (Å²) in [5.41, 5.74) is 1.55. The average Bonchev–Trinajstić information content (AvgIpc) is 2.63. The summed E-state index contributed by atoms with van der Waals surface area (Å²) in [4.78, 5) is 12.2. The number of carbonyl (C=O) groups excluding carboxylic acids is 1.